The fourth-order valence-corrected chi connectivity index (χ4v) is 13.2. The van der Waals surface area contributed by atoms with Gasteiger partial charge in [-0.05, 0) is 163 Å². The quantitative estimate of drug-likeness (QED) is 0.190. The van der Waals surface area contributed by atoms with Crippen LogP contribution in [0.15, 0.2) is 84.9 Å². The number of nitriles is 1. The Labute approximate surface area is 295 Å². The second-order valence-electron chi connectivity index (χ2n) is 17.7. The van der Waals surface area contributed by atoms with Crippen LogP contribution < -0.4 is 0 Å². The van der Waals surface area contributed by atoms with Crippen molar-refractivity contribution in [1.29, 1.82) is 5.26 Å². The van der Waals surface area contributed by atoms with E-state index < -0.39 is 0 Å². The normalized spacial score (nSPS) is 33.2. The Hall–Kier alpha value is -4.36. The Morgan fingerprint density at radius 1 is 0.500 bits per heavy atom. The van der Waals surface area contributed by atoms with Crippen molar-refractivity contribution >= 4 is 10.8 Å². The van der Waals surface area contributed by atoms with Crippen molar-refractivity contribution in [2.45, 2.75) is 87.9 Å². The molecular weight excluding hydrogens is 609 g/mol. The summed E-state index contributed by atoms with van der Waals surface area (Å²) >= 11 is 0. The van der Waals surface area contributed by atoms with Crippen molar-refractivity contribution < 1.29 is 0 Å². The Morgan fingerprint density at radius 3 is 1.66 bits per heavy atom. The first-order chi connectivity index (χ1) is 24.5. The Balaban J connectivity index is 1.10. The Kier molecular flexibility index (Phi) is 6.36. The zero-order valence-electron chi connectivity index (χ0n) is 28.8. The first kappa shape index (κ1) is 29.4. The summed E-state index contributed by atoms with van der Waals surface area (Å²) in [6.07, 6.45) is 16.9. The lowest BCUT2D eigenvalue weighted by Crippen LogP contribution is -2.50. The van der Waals surface area contributed by atoms with Crippen molar-refractivity contribution in [1.82, 2.24) is 15.0 Å². The van der Waals surface area contributed by atoms with Crippen LogP contribution >= 0.6 is 0 Å². The van der Waals surface area contributed by atoms with Crippen LogP contribution in [0.2, 0.25) is 0 Å². The first-order valence-corrected chi connectivity index (χ1v) is 19.4. The molecule has 0 spiro atoms. The highest BCUT2D eigenvalue weighted by Crippen LogP contribution is 2.64. The average Bonchev–Trinajstić information content (AvgIpc) is 3.13. The van der Waals surface area contributed by atoms with Crippen LogP contribution in [0.25, 0.3) is 44.9 Å². The van der Waals surface area contributed by atoms with Gasteiger partial charge in [0.05, 0.1) is 11.6 Å². The third-order valence-electron chi connectivity index (χ3n) is 14.4. The van der Waals surface area contributed by atoms with Gasteiger partial charge in [0, 0.05) is 16.7 Å². The maximum absolute atomic E-state index is 9.47. The molecule has 4 aromatic carbocycles. The molecule has 5 aromatic rings. The second kappa shape index (κ2) is 10.8. The van der Waals surface area contributed by atoms with Gasteiger partial charge in [-0.3, -0.25) is 0 Å². The van der Waals surface area contributed by atoms with Crippen LogP contribution in [0.4, 0.5) is 0 Å². The van der Waals surface area contributed by atoms with Crippen LogP contribution in [0.5, 0.6) is 0 Å². The maximum Gasteiger partial charge on any atom is 0.164 e. The summed E-state index contributed by atoms with van der Waals surface area (Å²) in [5.41, 5.74) is 7.68. The van der Waals surface area contributed by atoms with E-state index in [0.717, 1.165) is 69.1 Å². The summed E-state index contributed by atoms with van der Waals surface area (Å²) in [5, 5.41) is 11.6. The molecule has 13 rings (SSSR count). The Morgan fingerprint density at radius 2 is 1.04 bits per heavy atom. The molecular formula is C46H44N4. The number of rotatable bonds is 5. The largest absolute Gasteiger partial charge is 0.208 e. The molecule has 1 heterocycles. The molecule has 8 aliphatic rings. The smallest absolute Gasteiger partial charge is 0.164 e. The summed E-state index contributed by atoms with van der Waals surface area (Å²) in [6.45, 7) is 0. The van der Waals surface area contributed by atoms with E-state index in [1.165, 1.54) is 82.6 Å². The van der Waals surface area contributed by atoms with Crippen molar-refractivity contribution in [3.05, 3.63) is 102 Å². The van der Waals surface area contributed by atoms with Gasteiger partial charge in [-0.15, -0.1) is 0 Å². The SMILES string of the molecule is N#Cc1ccc2cc(-c3nc(-c4ccccc4)nc(-c4ccc(C56CC7CC(CC(C7)C5)C6)cc4C45CC6CC(CC(C6)C4)C5)n3)ccc2c1. The minimum atomic E-state index is 0.226. The molecule has 0 unspecified atom stereocenters. The average molecular weight is 653 g/mol. The highest BCUT2D eigenvalue weighted by molar-refractivity contribution is 5.87. The molecule has 8 bridgehead atoms. The molecule has 8 fully saturated rings. The number of hydrogen-bond acceptors (Lipinski definition) is 4. The van der Waals surface area contributed by atoms with E-state index in [9.17, 15) is 5.26 Å². The topological polar surface area (TPSA) is 62.5 Å². The predicted octanol–water partition coefficient (Wildman–Crippen LogP) is 10.8. The number of aromatic nitrogens is 3. The number of benzene rings is 4. The molecule has 0 atom stereocenters. The fourth-order valence-electron chi connectivity index (χ4n) is 13.2. The molecule has 0 aliphatic heterocycles. The molecule has 8 saturated carbocycles. The van der Waals surface area contributed by atoms with Crippen LogP contribution in [-0.2, 0) is 10.8 Å². The fraction of sp³-hybridized carbons (Fsp3) is 0.435. The number of fused-ring (bicyclic) bond motifs is 1. The van der Waals surface area contributed by atoms with E-state index in [4.69, 9.17) is 15.0 Å². The molecule has 0 saturated heterocycles. The lowest BCUT2D eigenvalue weighted by atomic mass is 9.46. The van der Waals surface area contributed by atoms with Crippen LogP contribution in [0, 0.1) is 46.8 Å². The van der Waals surface area contributed by atoms with Crippen LogP contribution in [0.1, 0.15) is 93.7 Å². The van der Waals surface area contributed by atoms with Crippen LogP contribution in [0.3, 0.4) is 0 Å². The summed E-state index contributed by atoms with van der Waals surface area (Å²) < 4.78 is 0. The van der Waals surface area contributed by atoms with Gasteiger partial charge in [-0.2, -0.15) is 5.26 Å². The minimum Gasteiger partial charge on any atom is -0.208 e. The van der Waals surface area contributed by atoms with E-state index in [0.29, 0.717) is 16.8 Å². The van der Waals surface area contributed by atoms with E-state index in [1.54, 1.807) is 11.1 Å². The summed E-state index contributed by atoms with van der Waals surface area (Å²) in [6, 6.07) is 32.7. The molecule has 1 aromatic heterocycles. The summed E-state index contributed by atoms with van der Waals surface area (Å²) in [7, 11) is 0. The van der Waals surface area contributed by atoms with Crippen molar-refractivity contribution in [3.8, 4) is 40.2 Å². The highest BCUT2D eigenvalue weighted by Gasteiger charge is 2.54. The monoisotopic (exact) mass is 652 g/mol. The van der Waals surface area contributed by atoms with E-state index in [-0.39, 0.29) is 5.41 Å². The van der Waals surface area contributed by atoms with E-state index in [1.807, 2.05) is 18.2 Å². The Bertz CT molecular complexity index is 2140. The van der Waals surface area contributed by atoms with E-state index in [2.05, 4.69) is 72.8 Å². The summed E-state index contributed by atoms with van der Waals surface area (Å²) in [4.78, 5) is 15.8. The zero-order chi connectivity index (χ0) is 33.0. The molecule has 8 aliphatic carbocycles. The molecule has 4 heteroatoms. The van der Waals surface area contributed by atoms with Gasteiger partial charge in [0.15, 0.2) is 17.5 Å². The molecule has 0 amide bonds. The number of hydrogen-bond donors (Lipinski definition) is 0. The molecule has 0 N–H and O–H groups in total. The lowest BCUT2D eigenvalue weighted by molar-refractivity contribution is -0.00820. The molecule has 50 heavy (non-hydrogen) atoms. The summed E-state index contributed by atoms with van der Waals surface area (Å²) in [5.74, 6) is 7.64. The third kappa shape index (κ3) is 4.65. The van der Waals surface area contributed by atoms with Gasteiger partial charge >= 0.3 is 0 Å². The minimum absolute atomic E-state index is 0.226. The lowest BCUT2D eigenvalue weighted by Gasteiger charge is -2.59. The predicted molar refractivity (Wildman–Crippen MR) is 198 cm³/mol. The van der Waals surface area contributed by atoms with Gasteiger partial charge in [-0.1, -0.05) is 66.7 Å². The highest BCUT2D eigenvalue weighted by atomic mass is 15.0. The number of nitrogens with zero attached hydrogens (tertiary/aromatic N) is 4. The van der Waals surface area contributed by atoms with Gasteiger partial charge in [-0.25, -0.2) is 15.0 Å². The van der Waals surface area contributed by atoms with Gasteiger partial charge in [0.25, 0.3) is 0 Å². The molecule has 0 radical (unpaired) electrons. The molecule has 248 valence electrons. The van der Waals surface area contributed by atoms with Crippen molar-refractivity contribution in [3.63, 3.8) is 0 Å². The zero-order valence-corrected chi connectivity index (χ0v) is 28.8. The van der Waals surface area contributed by atoms with Crippen LogP contribution in [-0.4, -0.2) is 15.0 Å². The van der Waals surface area contributed by atoms with Crippen molar-refractivity contribution in [2.24, 2.45) is 35.5 Å². The third-order valence-corrected chi connectivity index (χ3v) is 14.4. The van der Waals surface area contributed by atoms with E-state index >= 15 is 0 Å². The standard InChI is InChI=1S/C46H44N4/c47-27-28-6-7-37-19-38(9-8-36(37)18-28)43-48-42(35-4-2-1-3-5-35)49-44(50-43)40-11-10-39(45-21-29-12-30(22-45)14-31(13-29)23-45)20-41(40)46-24-32-15-33(25-46)17-34(16-32)26-46/h1-11,18-20,29-34H,12-17,21-26H2. The maximum atomic E-state index is 9.47. The van der Waals surface area contributed by atoms with Gasteiger partial charge < -0.3 is 0 Å². The van der Waals surface area contributed by atoms with Gasteiger partial charge in [0.1, 0.15) is 0 Å². The molecule has 4 nitrogen and oxygen atoms in total. The van der Waals surface area contributed by atoms with Gasteiger partial charge in [0.2, 0.25) is 0 Å². The first-order valence-electron chi connectivity index (χ1n) is 19.4. The van der Waals surface area contributed by atoms with Crippen molar-refractivity contribution in [2.75, 3.05) is 0 Å². The second-order valence-corrected chi connectivity index (χ2v) is 17.7.